The number of hydrogen-bond donors (Lipinski definition) is 1. The van der Waals surface area contributed by atoms with Gasteiger partial charge in [0.15, 0.2) is 0 Å². The maximum absolute atomic E-state index is 6.13. The van der Waals surface area contributed by atoms with Gasteiger partial charge in [-0.2, -0.15) is 12.6 Å². The van der Waals surface area contributed by atoms with E-state index in [9.17, 15) is 0 Å². The number of rotatable bonds is 1. The molecule has 1 aromatic heterocycles. The number of morpholine rings is 1. The van der Waals surface area contributed by atoms with E-state index in [2.05, 4.69) is 27.5 Å². The summed E-state index contributed by atoms with van der Waals surface area (Å²) in [6.07, 6.45) is 5.33. The summed E-state index contributed by atoms with van der Waals surface area (Å²) in [5.74, 6) is 1.02. The lowest BCUT2D eigenvalue weighted by molar-refractivity contribution is 0.122. The number of aromatic nitrogens is 2. The second-order valence-corrected chi connectivity index (χ2v) is 6.49. The van der Waals surface area contributed by atoms with Crippen LogP contribution in [0, 0.1) is 0 Å². The summed E-state index contributed by atoms with van der Waals surface area (Å²) in [5, 5.41) is 0.851. The smallest absolute Gasteiger partial charge is 0.224 e. The molecule has 1 unspecified atom stereocenters. The van der Waals surface area contributed by atoms with Crippen molar-refractivity contribution in [2.75, 3.05) is 31.2 Å². The van der Waals surface area contributed by atoms with E-state index in [4.69, 9.17) is 16.3 Å². The van der Waals surface area contributed by atoms with Crippen LogP contribution in [0.25, 0.3) is 0 Å². The van der Waals surface area contributed by atoms with Gasteiger partial charge in [-0.15, -0.1) is 0 Å². The van der Waals surface area contributed by atoms with Crippen LogP contribution in [-0.4, -0.2) is 41.5 Å². The number of ether oxygens (including phenoxy) is 1. The van der Waals surface area contributed by atoms with Crippen molar-refractivity contribution in [2.45, 2.75) is 37.4 Å². The molecule has 0 saturated carbocycles. The average molecular weight is 314 g/mol. The van der Waals surface area contributed by atoms with Crippen LogP contribution in [0.15, 0.2) is 0 Å². The molecule has 1 saturated heterocycles. The first-order valence-electron chi connectivity index (χ1n) is 7.30. The monoisotopic (exact) mass is 313 g/mol. The highest BCUT2D eigenvalue weighted by atomic mass is 35.5. The molecule has 2 heterocycles. The predicted octanol–water partition coefficient (Wildman–Crippen LogP) is 2.53. The third-order valence-corrected chi connectivity index (χ3v) is 4.72. The number of thiol groups is 1. The first-order chi connectivity index (χ1) is 9.74. The zero-order valence-corrected chi connectivity index (χ0v) is 13.2. The van der Waals surface area contributed by atoms with E-state index in [1.165, 1.54) is 5.56 Å². The van der Waals surface area contributed by atoms with Crippen molar-refractivity contribution in [3.8, 4) is 0 Å². The average Bonchev–Trinajstić information content (AvgIpc) is 2.44. The number of fused-ring (bicyclic) bond motifs is 1. The molecule has 6 heteroatoms. The van der Waals surface area contributed by atoms with Crippen LogP contribution >= 0.6 is 24.2 Å². The van der Waals surface area contributed by atoms with Gasteiger partial charge in [0.05, 0.1) is 18.9 Å². The molecule has 20 heavy (non-hydrogen) atoms. The molecule has 0 radical (unpaired) electrons. The summed E-state index contributed by atoms with van der Waals surface area (Å²) in [7, 11) is 0. The molecular weight excluding hydrogens is 294 g/mol. The highest BCUT2D eigenvalue weighted by Gasteiger charge is 2.22. The van der Waals surface area contributed by atoms with E-state index in [0.29, 0.717) is 10.5 Å². The summed E-state index contributed by atoms with van der Waals surface area (Å²) in [4.78, 5) is 11.3. The summed E-state index contributed by atoms with van der Waals surface area (Å²) in [6, 6.07) is 0. The molecule has 1 fully saturated rings. The Kier molecular flexibility index (Phi) is 4.68. The lowest BCUT2D eigenvalue weighted by Crippen LogP contribution is -2.38. The van der Waals surface area contributed by atoms with Crippen LogP contribution < -0.4 is 4.90 Å². The second-order valence-electron chi connectivity index (χ2n) is 5.43. The Labute approximate surface area is 130 Å². The molecule has 3 rings (SSSR count). The van der Waals surface area contributed by atoms with E-state index in [0.717, 1.165) is 69.9 Å². The van der Waals surface area contributed by atoms with Crippen molar-refractivity contribution in [3.05, 3.63) is 16.5 Å². The molecule has 0 amide bonds. The number of halogens is 1. The van der Waals surface area contributed by atoms with Gasteiger partial charge in [-0.1, -0.05) is 0 Å². The highest BCUT2D eigenvalue weighted by molar-refractivity contribution is 7.80. The Balaban J connectivity index is 1.95. The van der Waals surface area contributed by atoms with E-state index in [1.54, 1.807) is 0 Å². The molecular formula is C14H20ClN3OS. The fraction of sp³-hybridized carbons (Fsp3) is 0.714. The molecule has 4 nitrogen and oxygen atoms in total. The van der Waals surface area contributed by atoms with Crippen LogP contribution in [0.5, 0.6) is 0 Å². The SMILES string of the molecule is SC1CCCc2nc(Cl)nc(N3CCOCC3)c2CC1. The van der Waals surface area contributed by atoms with Crippen LogP contribution in [0.3, 0.4) is 0 Å². The molecule has 1 atom stereocenters. The molecule has 0 aromatic carbocycles. The number of hydrogen-bond acceptors (Lipinski definition) is 5. The molecule has 0 bridgehead atoms. The van der Waals surface area contributed by atoms with Gasteiger partial charge in [-0.05, 0) is 43.7 Å². The molecule has 1 aliphatic heterocycles. The van der Waals surface area contributed by atoms with Gasteiger partial charge in [0.1, 0.15) is 5.82 Å². The zero-order chi connectivity index (χ0) is 13.9. The van der Waals surface area contributed by atoms with Gasteiger partial charge in [-0.3, -0.25) is 0 Å². The third-order valence-electron chi connectivity index (χ3n) is 4.03. The quantitative estimate of drug-likeness (QED) is 0.639. The largest absolute Gasteiger partial charge is 0.378 e. The van der Waals surface area contributed by atoms with Crippen molar-refractivity contribution >= 4 is 30.0 Å². The van der Waals surface area contributed by atoms with Crippen LogP contribution in [0.1, 0.15) is 30.5 Å². The normalized spacial score (nSPS) is 23.9. The number of aryl methyl sites for hydroxylation is 1. The van der Waals surface area contributed by atoms with Gasteiger partial charge in [0, 0.05) is 23.9 Å². The Morgan fingerprint density at radius 2 is 1.95 bits per heavy atom. The van der Waals surface area contributed by atoms with E-state index >= 15 is 0 Å². The Morgan fingerprint density at radius 3 is 2.75 bits per heavy atom. The lowest BCUT2D eigenvalue weighted by Gasteiger charge is -2.31. The first kappa shape index (κ1) is 14.4. The lowest BCUT2D eigenvalue weighted by atomic mass is 9.97. The Bertz CT molecular complexity index is 480. The predicted molar refractivity (Wildman–Crippen MR) is 84.1 cm³/mol. The van der Waals surface area contributed by atoms with Gasteiger partial charge in [-0.25, -0.2) is 9.97 Å². The summed E-state index contributed by atoms with van der Waals surface area (Å²) >= 11 is 10.8. The molecule has 1 aromatic rings. The van der Waals surface area contributed by atoms with Crippen LogP contribution in [0.2, 0.25) is 5.28 Å². The maximum Gasteiger partial charge on any atom is 0.224 e. The molecule has 2 aliphatic rings. The Hall–Kier alpha value is -0.520. The van der Waals surface area contributed by atoms with E-state index in [1.807, 2.05) is 0 Å². The molecule has 0 spiro atoms. The van der Waals surface area contributed by atoms with Crippen molar-refractivity contribution in [1.29, 1.82) is 0 Å². The molecule has 110 valence electrons. The van der Waals surface area contributed by atoms with Gasteiger partial charge >= 0.3 is 0 Å². The van der Waals surface area contributed by atoms with Crippen molar-refractivity contribution in [1.82, 2.24) is 9.97 Å². The van der Waals surface area contributed by atoms with Gasteiger partial charge in [0.25, 0.3) is 0 Å². The highest BCUT2D eigenvalue weighted by Crippen LogP contribution is 2.29. The van der Waals surface area contributed by atoms with Crippen molar-refractivity contribution < 1.29 is 4.74 Å². The van der Waals surface area contributed by atoms with Gasteiger partial charge in [0.2, 0.25) is 5.28 Å². The minimum absolute atomic E-state index is 0.369. The van der Waals surface area contributed by atoms with Crippen molar-refractivity contribution in [2.24, 2.45) is 0 Å². The fourth-order valence-electron chi connectivity index (χ4n) is 2.95. The van der Waals surface area contributed by atoms with Crippen LogP contribution in [0.4, 0.5) is 5.82 Å². The zero-order valence-electron chi connectivity index (χ0n) is 11.5. The Morgan fingerprint density at radius 1 is 1.15 bits per heavy atom. The second kappa shape index (κ2) is 6.50. The standard InChI is InChI=1S/C14H20ClN3OS/c15-14-16-12-3-1-2-10(20)4-5-11(12)13(17-14)18-6-8-19-9-7-18/h10,20H,1-9H2. The number of anilines is 1. The molecule has 0 N–H and O–H groups in total. The summed E-state index contributed by atoms with van der Waals surface area (Å²) in [5.41, 5.74) is 2.40. The van der Waals surface area contributed by atoms with Crippen LogP contribution in [-0.2, 0) is 17.6 Å². The minimum atomic E-state index is 0.369. The topological polar surface area (TPSA) is 38.2 Å². The van der Waals surface area contributed by atoms with Gasteiger partial charge < -0.3 is 9.64 Å². The maximum atomic E-state index is 6.13. The third kappa shape index (κ3) is 3.21. The fourth-order valence-corrected chi connectivity index (χ4v) is 3.44. The van der Waals surface area contributed by atoms with Crippen molar-refractivity contribution in [3.63, 3.8) is 0 Å². The summed E-state index contributed by atoms with van der Waals surface area (Å²) < 4.78 is 5.43. The summed E-state index contributed by atoms with van der Waals surface area (Å²) in [6.45, 7) is 3.27. The first-order valence-corrected chi connectivity index (χ1v) is 8.19. The van der Waals surface area contributed by atoms with E-state index < -0.39 is 0 Å². The minimum Gasteiger partial charge on any atom is -0.378 e. The number of nitrogens with zero attached hydrogens (tertiary/aromatic N) is 3. The van der Waals surface area contributed by atoms with E-state index in [-0.39, 0.29) is 0 Å². The molecule has 1 aliphatic carbocycles.